The van der Waals surface area contributed by atoms with Gasteiger partial charge in [-0.05, 0) is 42.8 Å². The predicted octanol–water partition coefficient (Wildman–Crippen LogP) is 5.97. The topological polar surface area (TPSA) is 96.5 Å². The Bertz CT molecular complexity index is 1670. The third kappa shape index (κ3) is 4.92. The molecule has 6 rings (SSSR count). The summed E-state index contributed by atoms with van der Waals surface area (Å²) < 4.78 is 6.85. The molecule has 2 amide bonds. The van der Waals surface area contributed by atoms with Crippen LogP contribution in [-0.4, -0.2) is 34.9 Å². The monoisotopic (exact) mass is 535 g/mol. The van der Waals surface area contributed by atoms with Crippen LogP contribution in [-0.2, 0) is 0 Å². The Hall–Kier alpha value is -4.76. The molecule has 8 nitrogen and oxygen atoms in total. The Morgan fingerprint density at radius 1 is 1.03 bits per heavy atom. The molecule has 0 aliphatic carbocycles. The van der Waals surface area contributed by atoms with Crippen molar-refractivity contribution in [3.05, 3.63) is 107 Å². The molecule has 2 N–H and O–H groups in total. The molecule has 0 unspecified atom stereocenters. The van der Waals surface area contributed by atoms with Crippen molar-refractivity contribution in [3.63, 3.8) is 0 Å². The summed E-state index contributed by atoms with van der Waals surface area (Å²) in [5.41, 5.74) is 3.08. The molecule has 9 heteroatoms. The van der Waals surface area contributed by atoms with Crippen molar-refractivity contribution >= 4 is 50.4 Å². The first-order chi connectivity index (χ1) is 19.1. The summed E-state index contributed by atoms with van der Waals surface area (Å²) in [4.78, 5) is 37.6. The fourth-order valence-electron chi connectivity index (χ4n) is 4.62. The SMILES string of the molecule is C[C@H](NC(=O)c1cnc(N2CCOc3ccccc32)c(NC(=O)c2csc3ccccc23)c1)c1cccnc1. The number of carbonyl (C=O) groups is 2. The van der Waals surface area contributed by atoms with Crippen molar-refractivity contribution < 1.29 is 14.3 Å². The van der Waals surface area contributed by atoms with E-state index in [0.29, 0.717) is 35.8 Å². The van der Waals surface area contributed by atoms with Crippen LogP contribution in [0, 0.1) is 0 Å². The lowest BCUT2D eigenvalue weighted by molar-refractivity contribution is 0.0938. The van der Waals surface area contributed by atoms with Gasteiger partial charge in [0.25, 0.3) is 11.8 Å². The minimum absolute atomic E-state index is 0.257. The number of nitrogens with zero attached hydrogens (tertiary/aromatic N) is 3. The van der Waals surface area contributed by atoms with Crippen molar-refractivity contribution in [1.29, 1.82) is 0 Å². The lowest BCUT2D eigenvalue weighted by Gasteiger charge is -2.31. The third-order valence-corrected chi connectivity index (χ3v) is 7.58. The summed E-state index contributed by atoms with van der Waals surface area (Å²) in [5.74, 6) is 0.705. The molecule has 0 fully saturated rings. The molecule has 2 aromatic carbocycles. The van der Waals surface area contributed by atoms with Crippen LogP contribution in [0.2, 0.25) is 0 Å². The number of benzene rings is 2. The summed E-state index contributed by atoms with van der Waals surface area (Å²) in [6.07, 6.45) is 4.95. The van der Waals surface area contributed by atoms with Crippen LogP contribution in [0.25, 0.3) is 10.1 Å². The van der Waals surface area contributed by atoms with E-state index in [1.54, 1.807) is 18.5 Å². The highest BCUT2D eigenvalue weighted by molar-refractivity contribution is 7.17. The van der Waals surface area contributed by atoms with Gasteiger partial charge in [-0.25, -0.2) is 4.98 Å². The van der Waals surface area contributed by atoms with Crippen LogP contribution in [0.5, 0.6) is 5.75 Å². The van der Waals surface area contributed by atoms with Gasteiger partial charge in [0.05, 0.1) is 35.1 Å². The Balaban J connectivity index is 1.36. The van der Waals surface area contributed by atoms with Crippen LogP contribution in [0.15, 0.2) is 90.7 Å². The first kappa shape index (κ1) is 24.6. The summed E-state index contributed by atoms with van der Waals surface area (Å²) in [5, 5.41) is 8.77. The van der Waals surface area contributed by atoms with E-state index in [9.17, 15) is 9.59 Å². The maximum atomic E-state index is 13.5. The van der Waals surface area contributed by atoms with Crippen LogP contribution < -0.4 is 20.3 Å². The van der Waals surface area contributed by atoms with Gasteiger partial charge in [-0.2, -0.15) is 0 Å². The summed E-state index contributed by atoms with van der Waals surface area (Å²) >= 11 is 1.52. The molecule has 5 aromatic rings. The number of rotatable bonds is 6. The van der Waals surface area contributed by atoms with E-state index in [1.165, 1.54) is 17.5 Å². The summed E-state index contributed by atoms with van der Waals surface area (Å²) in [6.45, 7) is 2.90. The normalized spacial score (nSPS) is 13.3. The molecule has 0 bridgehead atoms. The molecule has 194 valence electrons. The Labute approximate surface area is 229 Å². The number of ether oxygens (including phenoxy) is 1. The number of fused-ring (bicyclic) bond motifs is 2. The number of anilines is 3. The Morgan fingerprint density at radius 3 is 2.74 bits per heavy atom. The number of hydrogen-bond donors (Lipinski definition) is 2. The molecular weight excluding hydrogens is 510 g/mol. The van der Waals surface area contributed by atoms with E-state index >= 15 is 0 Å². The number of pyridine rings is 2. The standard InChI is InChI=1S/C30H25N5O3S/c1-19(20-7-6-12-31-16-20)33-29(36)21-15-24(34-30(37)23-18-39-27-11-5-2-8-22(23)27)28(32-17-21)35-13-14-38-26-10-4-3-9-25(26)35/h2-12,15-19H,13-14H2,1H3,(H,33,36)(H,34,37)/t19-/m0/s1. The number of nitrogens with one attached hydrogen (secondary N) is 2. The van der Waals surface area contributed by atoms with Crippen molar-refractivity contribution in [1.82, 2.24) is 15.3 Å². The molecule has 4 heterocycles. The fraction of sp³-hybridized carbons (Fsp3) is 0.133. The molecule has 0 saturated heterocycles. The van der Waals surface area contributed by atoms with Gasteiger partial charge in [0.15, 0.2) is 5.82 Å². The van der Waals surface area contributed by atoms with Crippen molar-refractivity contribution in [3.8, 4) is 5.75 Å². The average Bonchev–Trinajstić information content (AvgIpc) is 3.42. The lowest BCUT2D eigenvalue weighted by Crippen LogP contribution is -2.31. The van der Waals surface area contributed by atoms with E-state index < -0.39 is 0 Å². The average molecular weight is 536 g/mol. The highest BCUT2D eigenvalue weighted by Gasteiger charge is 2.25. The van der Waals surface area contributed by atoms with Crippen molar-refractivity contribution in [2.75, 3.05) is 23.4 Å². The molecule has 1 atom stereocenters. The minimum atomic E-state index is -0.302. The number of aromatic nitrogens is 2. The van der Waals surface area contributed by atoms with Gasteiger partial charge in [0.1, 0.15) is 12.4 Å². The van der Waals surface area contributed by atoms with Crippen LogP contribution in [0.3, 0.4) is 0 Å². The zero-order valence-corrected chi connectivity index (χ0v) is 21.9. The predicted molar refractivity (Wildman–Crippen MR) is 153 cm³/mol. The van der Waals surface area contributed by atoms with Gasteiger partial charge in [0.2, 0.25) is 0 Å². The highest BCUT2D eigenvalue weighted by Crippen LogP contribution is 2.39. The molecule has 3 aromatic heterocycles. The van der Waals surface area contributed by atoms with E-state index in [1.807, 2.05) is 77.9 Å². The molecule has 0 saturated carbocycles. The van der Waals surface area contributed by atoms with E-state index in [2.05, 4.69) is 20.6 Å². The second-order valence-electron chi connectivity index (χ2n) is 9.14. The van der Waals surface area contributed by atoms with Gasteiger partial charge >= 0.3 is 0 Å². The molecule has 1 aliphatic heterocycles. The van der Waals surface area contributed by atoms with E-state index in [4.69, 9.17) is 4.74 Å². The number of para-hydroxylation sites is 2. The van der Waals surface area contributed by atoms with Crippen molar-refractivity contribution in [2.45, 2.75) is 13.0 Å². The van der Waals surface area contributed by atoms with E-state index in [0.717, 1.165) is 27.1 Å². The lowest BCUT2D eigenvalue weighted by atomic mass is 10.1. The quantitative estimate of drug-likeness (QED) is 0.278. The number of carbonyl (C=O) groups excluding carboxylic acids is 2. The Morgan fingerprint density at radius 2 is 1.87 bits per heavy atom. The Kier molecular flexibility index (Phi) is 6.64. The first-order valence-electron chi connectivity index (χ1n) is 12.6. The van der Waals surface area contributed by atoms with Gasteiger partial charge in [-0.15, -0.1) is 11.3 Å². The highest BCUT2D eigenvalue weighted by atomic mass is 32.1. The molecule has 0 radical (unpaired) electrons. The smallest absolute Gasteiger partial charge is 0.257 e. The zero-order valence-electron chi connectivity index (χ0n) is 21.1. The molecule has 39 heavy (non-hydrogen) atoms. The second-order valence-corrected chi connectivity index (χ2v) is 10.1. The second kappa shape index (κ2) is 10.5. The minimum Gasteiger partial charge on any atom is -0.490 e. The molecule has 1 aliphatic rings. The van der Waals surface area contributed by atoms with Gasteiger partial charge in [0, 0.05) is 34.1 Å². The number of amides is 2. The summed E-state index contributed by atoms with van der Waals surface area (Å²) in [7, 11) is 0. The van der Waals surface area contributed by atoms with Crippen LogP contribution >= 0.6 is 11.3 Å². The van der Waals surface area contributed by atoms with Crippen LogP contribution in [0.1, 0.15) is 39.2 Å². The maximum absolute atomic E-state index is 13.5. The summed E-state index contributed by atoms with van der Waals surface area (Å²) in [6, 6.07) is 20.6. The number of hydrogen-bond acceptors (Lipinski definition) is 7. The maximum Gasteiger partial charge on any atom is 0.257 e. The number of thiophene rings is 1. The van der Waals surface area contributed by atoms with Crippen molar-refractivity contribution in [2.24, 2.45) is 0 Å². The first-order valence-corrected chi connectivity index (χ1v) is 13.4. The molecule has 0 spiro atoms. The fourth-order valence-corrected chi connectivity index (χ4v) is 5.56. The largest absolute Gasteiger partial charge is 0.490 e. The van der Waals surface area contributed by atoms with Gasteiger partial charge < -0.3 is 20.3 Å². The zero-order chi connectivity index (χ0) is 26.8. The van der Waals surface area contributed by atoms with Gasteiger partial charge in [-0.1, -0.05) is 36.4 Å². The third-order valence-electron chi connectivity index (χ3n) is 6.62. The van der Waals surface area contributed by atoms with Crippen LogP contribution in [0.4, 0.5) is 17.2 Å². The van der Waals surface area contributed by atoms with Gasteiger partial charge in [-0.3, -0.25) is 14.6 Å². The van der Waals surface area contributed by atoms with E-state index in [-0.39, 0.29) is 17.9 Å². The molecular formula is C30H25N5O3S.